The lowest BCUT2D eigenvalue weighted by Gasteiger charge is -2.23. The third kappa shape index (κ3) is 1.37. The Labute approximate surface area is 74.2 Å². The van der Waals surface area contributed by atoms with Gasteiger partial charge in [0.1, 0.15) is 5.69 Å². The first-order valence-corrected chi connectivity index (χ1v) is 4.16. The van der Waals surface area contributed by atoms with Gasteiger partial charge < -0.3 is 0 Å². The maximum atomic E-state index is 4.38. The standard InChI is InChI=1S/C9H18N3/c1-7-9(12(4,5)6)8(2)11(3)10-7/h1-6H3/q+1. The van der Waals surface area contributed by atoms with Crippen LogP contribution in [0.4, 0.5) is 5.69 Å². The fraction of sp³-hybridized carbons (Fsp3) is 0.667. The van der Waals surface area contributed by atoms with Crippen LogP contribution in [0.5, 0.6) is 0 Å². The van der Waals surface area contributed by atoms with E-state index in [2.05, 4.69) is 40.1 Å². The minimum absolute atomic E-state index is 0.839. The summed E-state index contributed by atoms with van der Waals surface area (Å²) in [6, 6.07) is 0. The highest BCUT2D eigenvalue weighted by Crippen LogP contribution is 2.25. The Bertz CT molecular complexity index is 291. The van der Waals surface area contributed by atoms with Crippen LogP contribution in [0.3, 0.4) is 0 Å². The van der Waals surface area contributed by atoms with Crippen molar-refractivity contribution in [1.29, 1.82) is 0 Å². The maximum Gasteiger partial charge on any atom is 0.176 e. The lowest BCUT2D eigenvalue weighted by Crippen LogP contribution is -2.35. The Kier molecular flexibility index (Phi) is 2.00. The lowest BCUT2D eigenvalue weighted by atomic mass is 10.2. The molecule has 0 unspecified atom stereocenters. The number of nitrogens with zero attached hydrogens (tertiary/aromatic N) is 3. The molecule has 0 atom stereocenters. The first kappa shape index (κ1) is 9.26. The van der Waals surface area contributed by atoms with Crippen molar-refractivity contribution in [3.05, 3.63) is 11.4 Å². The molecule has 0 radical (unpaired) electrons. The molecule has 68 valence electrons. The molecule has 1 heterocycles. The normalized spacial score (nSPS) is 12.2. The summed E-state index contributed by atoms with van der Waals surface area (Å²) in [6.45, 7) is 4.17. The van der Waals surface area contributed by atoms with Crippen molar-refractivity contribution in [3.63, 3.8) is 0 Å². The molecular formula is C9H18N3+. The summed E-state index contributed by atoms with van der Waals surface area (Å²) in [7, 11) is 8.48. The average Bonchev–Trinajstić information content (AvgIpc) is 2.05. The van der Waals surface area contributed by atoms with Crippen molar-refractivity contribution in [2.45, 2.75) is 13.8 Å². The minimum atomic E-state index is 0.839. The van der Waals surface area contributed by atoms with Gasteiger partial charge in [0.25, 0.3) is 0 Å². The Morgan fingerprint density at radius 3 is 1.83 bits per heavy atom. The van der Waals surface area contributed by atoms with E-state index in [0.29, 0.717) is 0 Å². The molecule has 0 spiro atoms. The molecule has 12 heavy (non-hydrogen) atoms. The molecule has 1 aromatic heterocycles. The fourth-order valence-corrected chi connectivity index (χ4v) is 1.73. The first-order valence-electron chi connectivity index (χ1n) is 4.16. The van der Waals surface area contributed by atoms with Crippen LogP contribution < -0.4 is 4.48 Å². The number of hydrogen-bond donors (Lipinski definition) is 0. The molecule has 3 heteroatoms. The third-order valence-electron chi connectivity index (χ3n) is 2.14. The van der Waals surface area contributed by atoms with E-state index in [1.54, 1.807) is 0 Å². The molecule has 0 aromatic carbocycles. The SMILES string of the molecule is Cc1nn(C)c(C)c1[N+](C)(C)C. The average molecular weight is 168 g/mol. The summed E-state index contributed by atoms with van der Waals surface area (Å²) >= 11 is 0. The quantitative estimate of drug-likeness (QED) is 0.577. The Balaban J connectivity index is 3.32. The van der Waals surface area contributed by atoms with Gasteiger partial charge >= 0.3 is 0 Å². The molecular weight excluding hydrogens is 150 g/mol. The van der Waals surface area contributed by atoms with Crippen LogP contribution in [0, 0.1) is 13.8 Å². The molecule has 0 fully saturated rings. The number of aromatic nitrogens is 2. The first-order chi connectivity index (χ1) is 5.34. The van der Waals surface area contributed by atoms with E-state index >= 15 is 0 Å². The van der Waals surface area contributed by atoms with Crippen LogP contribution in [-0.2, 0) is 7.05 Å². The predicted molar refractivity (Wildman–Crippen MR) is 52.2 cm³/mol. The van der Waals surface area contributed by atoms with Crippen LogP contribution in [0.1, 0.15) is 11.4 Å². The Hall–Kier alpha value is -0.830. The molecule has 0 bridgehead atoms. The van der Waals surface area contributed by atoms with E-state index in [4.69, 9.17) is 0 Å². The minimum Gasteiger partial charge on any atom is -0.295 e. The summed E-state index contributed by atoms with van der Waals surface area (Å²) in [5.41, 5.74) is 3.69. The molecule has 0 aliphatic rings. The van der Waals surface area contributed by atoms with Crippen molar-refractivity contribution < 1.29 is 0 Å². The molecule has 0 saturated heterocycles. The second-order valence-electron chi connectivity index (χ2n) is 4.16. The monoisotopic (exact) mass is 168 g/mol. The number of rotatable bonds is 1. The highest BCUT2D eigenvalue weighted by Gasteiger charge is 2.22. The highest BCUT2D eigenvalue weighted by molar-refractivity contribution is 5.49. The molecule has 0 amide bonds. The molecule has 0 aliphatic carbocycles. The van der Waals surface area contributed by atoms with E-state index in [0.717, 1.165) is 10.2 Å². The summed E-state index contributed by atoms with van der Waals surface area (Å²) < 4.78 is 2.78. The Morgan fingerprint density at radius 2 is 1.67 bits per heavy atom. The zero-order valence-corrected chi connectivity index (χ0v) is 8.84. The van der Waals surface area contributed by atoms with Crippen molar-refractivity contribution in [2.75, 3.05) is 21.1 Å². The van der Waals surface area contributed by atoms with E-state index in [-0.39, 0.29) is 0 Å². The van der Waals surface area contributed by atoms with E-state index in [1.807, 2.05) is 11.7 Å². The van der Waals surface area contributed by atoms with Gasteiger partial charge in [-0.1, -0.05) is 0 Å². The smallest absolute Gasteiger partial charge is 0.176 e. The largest absolute Gasteiger partial charge is 0.295 e. The van der Waals surface area contributed by atoms with Crippen molar-refractivity contribution in [3.8, 4) is 0 Å². The van der Waals surface area contributed by atoms with Crippen LogP contribution >= 0.6 is 0 Å². The predicted octanol–water partition coefficient (Wildman–Crippen LogP) is 1.23. The number of quaternary nitrogens is 1. The topological polar surface area (TPSA) is 17.8 Å². The zero-order chi connectivity index (χ0) is 9.52. The lowest BCUT2D eigenvalue weighted by molar-refractivity contribution is 0.481. The summed E-state index contributed by atoms with van der Waals surface area (Å²) in [4.78, 5) is 0. The molecule has 0 aliphatic heterocycles. The van der Waals surface area contributed by atoms with Gasteiger partial charge in [-0.15, -0.1) is 0 Å². The molecule has 1 aromatic rings. The van der Waals surface area contributed by atoms with Crippen LogP contribution in [0.25, 0.3) is 0 Å². The molecule has 3 nitrogen and oxygen atoms in total. The van der Waals surface area contributed by atoms with E-state index in [9.17, 15) is 0 Å². The van der Waals surface area contributed by atoms with Gasteiger partial charge in [0.2, 0.25) is 0 Å². The van der Waals surface area contributed by atoms with Gasteiger partial charge in [0.15, 0.2) is 5.69 Å². The van der Waals surface area contributed by atoms with Crippen LogP contribution in [-0.4, -0.2) is 30.9 Å². The zero-order valence-electron chi connectivity index (χ0n) is 8.84. The van der Waals surface area contributed by atoms with Gasteiger partial charge in [-0.05, 0) is 13.8 Å². The molecule has 1 rings (SSSR count). The second-order valence-corrected chi connectivity index (χ2v) is 4.16. The van der Waals surface area contributed by atoms with Crippen LogP contribution in [0.15, 0.2) is 0 Å². The fourth-order valence-electron chi connectivity index (χ4n) is 1.73. The molecule has 0 saturated carbocycles. The van der Waals surface area contributed by atoms with Gasteiger partial charge in [0.05, 0.1) is 26.8 Å². The van der Waals surface area contributed by atoms with Crippen molar-refractivity contribution in [2.24, 2.45) is 7.05 Å². The summed E-state index contributed by atoms with van der Waals surface area (Å²) in [5, 5.41) is 4.38. The van der Waals surface area contributed by atoms with Crippen molar-refractivity contribution >= 4 is 5.69 Å². The summed E-state index contributed by atoms with van der Waals surface area (Å²) in [5.74, 6) is 0. The van der Waals surface area contributed by atoms with Crippen LogP contribution in [0.2, 0.25) is 0 Å². The third-order valence-corrected chi connectivity index (χ3v) is 2.14. The van der Waals surface area contributed by atoms with E-state index in [1.165, 1.54) is 11.4 Å². The van der Waals surface area contributed by atoms with Gasteiger partial charge in [-0.3, -0.25) is 9.16 Å². The van der Waals surface area contributed by atoms with Crippen molar-refractivity contribution in [1.82, 2.24) is 14.3 Å². The maximum absolute atomic E-state index is 4.38. The van der Waals surface area contributed by atoms with Gasteiger partial charge in [0, 0.05) is 7.05 Å². The summed E-state index contributed by atoms with van der Waals surface area (Å²) in [6.07, 6.45) is 0. The molecule has 0 N–H and O–H groups in total. The highest BCUT2D eigenvalue weighted by atomic mass is 15.4. The number of aryl methyl sites for hydroxylation is 2. The number of hydrogen-bond acceptors (Lipinski definition) is 1. The Morgan fingerprint density at radius 1 is 1.17 bits per heavy atom. The van der Waals surface area contributed by atoms with Gasteiger partial charge in [-0.2, -0.15) is 5.10 Å². The van der Waals surface area contributed by atoms with E-state index < -0.39 is 0 Å². The van der Waals surface area contributed by atoms with Gasteiger partial charge in [-0.25, -0.2) is 0 Å². The second kappa shape index (κ2) is 2.59.